The van der Waals surface area contributed by atoms with E-state index < -0.39 is 11.4 Å². The normalized spacial score (nSPS) is 15.7. The first-order chi connectivity index (χ1) is 9.80. The van der Waals surface area contributed by atoms with Crippen LogP contribution in [0.25, 0.3) is 0 Å². The predicted molar refractivity (Wildman–Crippen MR) is 82.2 cm³/mol. The van der Waals surface area contributed by atoms with Crippen LogP contribution in [0.5, 0.6) is 0 Å². The molecule has 1 aromatic rings. The van der Waals surface area contributed by atoms with Gasteiger partial charge < -0.3 is 10.4 Å². The Labute approximate surface area is 124 Å². The molecule has 4 heteroatoms. The molecular weight excluding hydrogens is 266 g/mol. The smallest absolute Gasteiger partial charge is 0.313 e. The molecule has 0 aliphatic heterocycles. The van der Waals surface area contributed by atoms with E-state index in [1.165, 1.54) is 12.8 Å². The van der Waals surface area contributed by atoms with Crippen LogP contribution in [0.2, 0.25) is 0 Å². The molecule has 2 N–H and O–H groups in total. The topological polar surface area (TPSA) is 66.4 Å². The van der Waals surface area contributed by atoms with Crippen LogP contribution >= 0.6 is 0 Å². The Balaban J connectivity index is 2.04. The molecule has 1 saturated carbocycles. The molecule has 1 aliphatic rings. The molecule has 0 atom stereocenters. The molecule has 1 aromatic carbocycles. The maximum Gasteiger partial charge on any atom is 0.313 e. The van der Waals surface area contributed by atoms with Crippen molar-refractivity contribution in [3.05, 3.63) is 41.5 Å². The molecule has 0 radical (unpaired) electrons. The average molecular weight is 287 g/mol. The zero-order valence-electron chi connectivity index (χ0n) is 12.6. The van der Waals surface area contributed by atoms with Gasteiger partial charge in [0.2, 0.25) is 5.91 Å². The highest BCUT2D eigenvalue weighted by Gasteiger charge is 2.29. The van der Waals surface area contributed by atoms with E-state index in [1.807, 2.05) is 6.92 Å². The summed E-state index contributed by atoms with van der Waals surface area (Å²) in [6, 6.07) is 6.94. The van der Waals surface area contributed by atoms with Crippen LogP contribution in [-0.2, 0) is 15.0 Å². The molecule has 4 nitrogen and oxygen atoms in total. The molecule has 1 fully saturated rings. The van der Waals surface area contributed by atoms with Gasteiger partial charge in [0, 0.05) is 11.8 Å². The molecular formula is C17H21NO3. The van der Waals surface area contributed by atoms with Crippen molar-refractivity contribution in [2.45, 2.75) is 39.0 Å². The van der Waals surface area contributed by atoms with Gasteiger partial charge in [-0.3, -0.25) is 9.59 Å². The van der Waals surface area contributed by atoms with Crippen molar-refractivity contribution in [3.8, 4) is 0 Å². The van der Waals surface area contributed by atoms with Crippen molar-refractivity contribution in [2.75, 3.05) is 5.32 Å². The van der Waals surface area contributed by atoms with Crippen LogP contribution in [0.1, 0.15) is 39.2 Å². The highest BCUT2D eigenvalue weighted by atomic mass is 16.4. The summed E-state index contributed by atoms with van der Waals surface area (Å²) in [5, 5.41) is 12.0. The van der Waals surface area contributed by atoms with Crippen molar-refractivity contribution < 1.29 is 14.7 Å². The monoisotopic (exact) mass is 287 g/mol. The third-order valence-electron chi connectivity index (χ3n) is 3.99. The number of amides is 1. The molecule has 21 heavy (non-hydrogen) atoms. The Morgan fingerprint density at radius 2 is 1.81 bits per heavy atom. The van der Waals surface area contributed by atoms with Crippen molar-refractivity contribution in [3.63, 3.8) is 0 Å². The second-order valence-electron chi connectivity index (χ2n) is 6.16. The van der Waals surface area contributed by atoms with E-state index in [9.17, 15) is 14.7 Å². The fraction of sp³-hybridized carbons (Fsp3) is 0.412. The summed E-state index contributed by atoms with van der Waals surface area (Å²) in [6.07, 6.45) is 4.00. The lowest BCUT2D eigenvalue weighted by Gasteiger charge is -2.19. The standard InChI is InChI=1S/C17H21NO3/c1-11(12-4-5-12)10-15(19)18-14-8-6-13(7-9-14)17(2,3)16(20)21/h6-10,12H,4-5H2,1-3H3,(H,18,19)(H,20,21)/b11-10+. The van der Waals surface area contributed by atoms with E-state index in [0.717, 1.165) is 5.57 Å². The van der Waals surface area contributed by atoms with Gasteiger partial charge in [-0.15, -0.1) is 0 Å². The van der Waals surface area contributed by atoms with E-state index in [0.29, 0.717) is 17.2 Å². The van der Waals surface area contributed by atoms with Crippen LogP contribution < -0.4 is 5.32 Å². The molecule has 2 rings (SSSR count). The fourth-order valence-corrected chi connectivity index (χ4v) is 2.14. The SMILES string of the molecule is C/C(=C\C(=O)Nc1ccc(C(C)(C)C(=O)O)cc1)C1CC1. The number of carbonyl (C=O) groups is 2. The first-order valence-corrected chi connectivity index (χ1v) is 7.14. The molecule has 0 spiro atoms. The number of nitrogens with one attached hydrogen (secondary N) is 1. The highest BCUT2D eigenvalue weighted by Crippen LogP contribution is 2.35. The van der Waals surface area contributed by atoms with Crippen LogP contribution in [0.15, 0.2) is 35.9 Å². The van der Waals surface area contributed by atoms with Crippen LogP contribution in [-0.4, -0.2) is 17.0 Å². The molecule has 0 saturated heterocycles. The zero-order valence-corrected chi connectivity index (χ0v) is 12.6. The number of hydrogen-bond donors (Lipinski definition) is 2. The van der Waals surface area contributed by atoms with Gasteiger partial charge in [-0.1, -0.05) is 17.7 Å². The van der Waals surface area contributed by atoms with E-state index in [2.05, 4.69) is 5.32 Å². The number of carbonyl (C=O) groups excluding carboxylic acids is 1. The molecule has 0 bridgehead atoms. The second-order valence-corrected chi connectivity index (χ2v) is 6.16. The van der Waals surface area contributed by atoms with E-state index >= 15 is 0 Å². The first-order valence-electron chi connectivity index (χ1n) is 7.14. The number of rotatable bonds is 5. The van der Waals surface area contributed by atoms with Gasteiger partial charge in [0.05, 0.1) is 5.41 Å². The molecule has 0 unspecified atom stereocenters. The average Bonchev–Trinajstić information content (AvgIpc) is 3.23. The van der Waals surface area contributed by atoms with Crippen molar-refractivity contribution >= 4 is 17.6 Å². The van der Waals surface area contributed by atoms with Gasteiger partial charge in [0.15, 0.2) is 0 Å². The minimum atomic E-state index is -0.939. The number of carboxylic acid groups (broad SMARTS) is 1. The fourth-order valence-electron chi connectivity index (χ4n) is 2.14. The van der Waals surface area contributed by atoms with Gasteiger partial charge in [0.1, 0.15) is 0 Å². The Hall–Kier alpha value is -2.10. The lowest BCUT2D eigenvalue weighted by Crippen LogP contribution is -2.28. The molecule has 1 amide bonds. The van der Waals surface area contributed by atoms with Crippen LogP contribution in [0, 0.1) is 5.92 Å². The van der Waals surface area contributed by atoms with Crippen molar-refractivity contribution in [1.82, 2.24) is 0 Å². The maximum atomic E-state index is 11.9. The van der Waals surface area contributed by atoms with Gasteiger partial charge in [-0.05, 0) is 57.2 Å². The molecule has 0 aromatic heterocycles. The third kappa shape index (κ3) is 3.72. The molecule has 112 valence electrons. The van der Waals surface area contributed by atoms with E-state index in [-0.39, 0.29) is 5.91 Å². The summed E-state index contributed by atoms with van der Waals surface area (Å²) in [6.45, 7) is 5.30. The summed E-state index contributed by atoms with van der Waals surface area (Å²) in [5.41, 5.74) is 1.56. The highest BCUT2D eigenvalue weighted by molar-refractivity contribution is 5.99. The summed E-state index contributed by atoms with van der Waals surface area (Å²) in [5.74, 6) is -0.429. The summed E-state index contributed by atoms with van der Waals surface area (Å²) < 4.78 is 0. The van der Waals surface area contributed by atoms with E-state index in [1.54, 1.807) is 44.2 Å². The minimum Gasteiger partial charge on any atom is -0.481 e. The summed E-state index contributed by atoms with van der Waals surface area (Å²) in [7, 11) is 0. The number of anilines is 1. The number of aliphatic carboxylic acids is 1. The lowest BCUT2D eigenvalue weighted by molar-refractivity contribution is -0.142. The largest absolute Gasteiger partial charge is 0.481 e. The quantitative estimate of drug-likeness (QED) is 0.816. The van der Waals surface area contributed by atoms with Gasteiger partial charge in [-0.25, -0.2) is 0 Å². The third-order valence-corrected chi connectivity index (χ3v) is 3.99. The maximum absolute atomic E-state index is 11.9. The summed E-state index contributed by atoms with van der Waals surface area (Å²) >= 11 is 0. The van der Waals surface area contributed by atoms with Gasteiger partial charge >= 0.3 is 5.97 Å². The van der Waals surface area contributed by atoms with Gasteiger partial charge in [0.25, 0.3) is 0 Å². The Morgan fingerprint density at radius 3 is 2.29 bits per heavy atom. The van der Waals surface area contributed by atoms with Crippen molar-refractivity contribution in [2.24, 2.45) is 5.92 Å². The zero-order chi connectivity index (χ0) is 15.6. The Morgan fingerprint density at radius 1 is 1.24 bits per heavy atom. The summed E-state index contributed by atoms with van der Waals surface area (Å²) in [4.78, 5) is 23.1. The Kier molecular flexibility index (Phi) is 4.16. The number of carboxylic acids is 1. The minimum absolute atomic E-state index is 0.135. The molecule has 0 heterocycles. The number of benzene rings is 1. The predicted octanol–water partition coefficient (Wildman–Crippen LogP) is 3.34. The lowest BCUT2D eigenvalue weighted by atomic mass is 9.85. The Bertz CT molecular complexity index is 581. The van der Waals surface area contributed by atoms with E-state index in [4.69, 9.17) is 0 Å². The second kappa shape index (κ2) is 5.72. The molecule has 1 aliphatic carbocycles. The van der Waals surface area contributed by atoms with Crippen molar-refractivity contribution in [1.29, 1.82) is 0 Å². The van der Waals surface area contributed by atoms with Crippen LogP contribution in [0.4, 0.5) is 5.69 Å². The first kappa shape index (κ1) is 15.3. The number of allylic oxidation sites excluding steroid dienone is 1. The van der Waals surface area contributed by atoms with Crippen LogP contribution in [0.3, 0.4) is 0 Å². The number of hydrogen-bond acceptors (Lipinski definition) is 2. The van der Waals surface area contributed by atoms with Gasteiger partial charge in [-0.2, -0.15) is 0 Å².